The van der Waals surface area contributed by atoms with Gasteiger partial charge in [-0.2, -0.15) is 0 Å². The molecule has 0 aliphatic carbocycles. The van der Waals surface area contributed by atoms with E-state index in [1.807, 2.05) is 0 Å². The van der Waals surface area contributed by atoms with Crippen molar-refractivity contribution in [1.82, 2.24) is 4.90 Å². The monoisotopic (exact) mass is 269 g/mol. The number of rotatable bonds is 5. The molecule has 0 fully saturated rings. The smallest absolute Gasteiger partial charge is 0.305 e. The summed E-state index contributed by atoms with van der Waals surface area (Å²) in [4.78, 5) is 24.0. The molecule has 98 valence electrons. The van der Waals surface area contributed by atoms with Gasteiger partial charge in [0.05, 0.1) is 12.8 Å². The first kappa shape index (κ1) is 14.5. The van der Waals surface area contributed by atoms with Crippen LogP contribution in [0, 0.1) is 0 Å². The molecular weight excluding hydrogens is 254 g/mol. The minimum absolute atomic E-state index is 0.0527. The molecule has 1 rings (SSSR count). The van der Waals surface area contributed by atoms with Gasteiger partial charge in [-0.15, -0.1) is 0 Å². The zero-order chi connectivity index (χ0) is 13.7. The van der Waals surface area contributed by atoms with Crippen molar-refractivity contribution in [2.75, 3.05) is 7.05 Å². The van der Waals surface area contributed by atoms with Gasteiger partial charge in [0.15, 0.2) is 0 Å². The molecule has 5 heteroatoms. The van der Waals surface area contributed by atoms with Crippen molar-refractivity contribution >= 4 is 23.5 Å². The lowest BCUT2D eigenvalue weighted by Gasteiger charge is -2.23. The van der Waals surface area contributed by atoms with Crippen LogP contribution in [-0.2, 0) is 16.0 Å². The molecule has 0 saturated heterocycles. The van der Waals surface area contributed by atoms with Crippen LogP contribution in [0.25, 0.3) is 0 Å². The average Bonchev–Trinajstić information content (AvgIpc) is 2.30. The quantitative estimate of drug-likeness (QED) is 0.892. The summed E-state index contributed by atoms with van der Waals surface area (Å²) in [6, 6.07) is 6.71. The highest BCUT2D eigenvalue weighted by atomic mass is 35.5. The Balaban J connectivity index is 2.59. The van der Waals surface area contributed by atoms with E-state index in [-0.39, 0.29) is 24.8 Å². The van der Waals surface area contributed by atoms with Gasteiger partial charge in [0, 0.05) is 18.1 Å². The molecule has 0 aliphatic heterocycles. The molecule has 0 bridgehead atoms. The molecule has 1 aromatic rings. The zero-order valence-electron chi connectivity index (χ0n) is 10.4. The van der Waals surface area contributed by atoms with Crippen molar-refractivity contribution in [3.63, 3.8) is 0 Å². The van der Waals surface area contributed by atoms with E-state index < -0.39 is 5.97 Å². The number of halogens is 1. The average molecular weight is 270 g/mol. The number of hydrogen-bond acceptors (Lipinski definition) is 2. The summed E-state index contributed by atoms with van der Waals surface area (Å²) in [7, 11) is 1.62. The summed E-state index contributed by atoms with van der Waals surface area (Å²) >= 11 is 5.76. The van der Waals surface area contributed by atoms with Gasteiger partial charge >= 0.3 is 5.97 Å². The highest BCUT2D eigenvalue weighted by Gasteiger charge is 2.18. The second-order valence-corrected chi connectivity index (χ2v) is 4.69. The van der Waals surface area contributed by atoms with Crippen molar-refractivity contribution in [1.29, 1.82) is 0 Å². The van der Waals surface area contributed by atoms with Crippen LogP contribution in [0.3, 0.4) is 0 Å². The maximum atomic E-state index is 11.9. The first-order valence-electron chi connectivity index (χ1n) is 5.62. The second kappa shape index (κ2) is 6.40. The van der Waals surface area contributed by atoms with Crippen molar-refractivity contribution in [2.45, 2.75) is 25.8 Å². The Labute approximate surface area is 111 Å². The Morgan fingerprint density at radius 2 is 1.89 bits per heavy atom. The molecule has 1 unspecified atom stereocenters. The SMILES string of the molecule is CC(CC(=O)O)N(C)C(=O)Cc1ccc(Cl)cc1. The van der Waals surface area contributed by atoms with Crippen LogP contribution in [0.2, 0.25) is 5.02 Å². The molecule has 1 amide bonds. The first-order valence-corrected chi connectivity index (χ1v) is 6.00. The lowest BCUT2D eigenvalue weighted by Crippen LogP contribution is -2.37. The van der Waals surface area contributed by atoms with Crippen LogP contribution in [-0.4, -0.2) is 35.0 Å². The van der Waals surface area contributed by atoms with Crippen molar-refractivity contribution < 1.29 is 14.7 Å². The van der Waals surface area contributed by atoms with Crippen LogP contribution >= 0.6 is 11.6 Å². The zero-order valence-corrected chi connectivity index (χ0v) is 11.1. The summed E-state index contributed by atoms with van der Waals surface area (Å²) in [6.07, 6.45) is 0.195. The summed E-state index contributed by atoms with van der Waals surface area (Å²) in [5, 5.41) is 9.31. The lowest BCUT2D eigenvalue weighted by molar-refractivity contribution is -0.139. The van der Waals surface area contributed by atoms with Crippen molar-refractivity contribution in [2.24, 2.45) is 0 Å². The summed E-state index contributed by atoms with van der Waals surface area (Å²) in [6.45, 7) is 1.72. The van der Waals surface area contributed by atoms with Crippen molar-refractivity contribution in [3.8, 4) is 0 Å². The van der Waals surface area contributed by atoms with Crippen LogP contribution < -0.4 is 0 Å². The summed E-state index contributed by atoms with van der Waals surface area (Å²) in [5.41, 5.74) is 0.860. The van der Waals surface area contributed by atoms with E-state index in [0.717, 1.165) is 5.56 Å². The lowest BCUT2D eigenvalue weighted by atomic mass is 10.1. The largest absolute Gasteiger partial charge is 0.481 e. The molecule has 1 N–H and O–H groups in total. The topological polar surface area (TPSA) is 57.6 Å². The number of nitrogens with zero attached hydrogens (tertiary/aromatic N) is 1. The van der Waals surface area contributed by atoms with Gasteiger partial charge in [0.2, 0.25) is 5.91 Å². The van der Waals surface area contributed by atoms with E-state index in [2.05, 4.69) is 0 Å². The Morgan fingerprint density at radius 1 is 1.33 bits per heavy atom. The van der Waals surface area contributed by atoms with Gasteiger partial charge in [0.25, 0.3) is 0 Å². The number of hydrogen-bond donors (Lipinski definition) is 1. The van der Waals surface area contributed by atoms with E-state index >= 15 is 0 Å². The summed E-state index contributed by atoms with van der Waals surface area (Å²) in [5.74, 6) is -1.01. The fourth-order valence-corrected chi connectivity index (χ4v) is 1.66. The third-order valence-electron chi connectivity index (χ3n) is 2.79. The molecule has 0 spiro atoms. The maximum absolute atomic E-state index is 11.9. The molecule has 1 aromatic carbocycles. The molecule has 18 heavy (non-hydrogen) atoms. The standard InChI is InChI=1S/C13H16ClNO3/c1-9(7-13(17)18)15(2)12(16)8-10-3-5-11(14)6-4-10/h3-6,9H,7-8H2,1-2H3,(H,17,18). The Hall–Kier alpha value is -1.55. The van der Waals surface area contributed by atoms with E-state index in [1.165, 1.54) is 4.90 Å². The predicted octanol–water partition coefficient (Wildman–Crippen LogP) is 2.20. The summed E-state index contributed by atoms with van der Waals surface area (Å²) < 4.78 is 0. The van der Waals surface area contributed by atoms with E-state index in [9.17, 15) is 9.59 Å². The van der Waals surface area contributed by atoms with Gasteiger partial charge in [-0.25, -0.2) is 0 Å². The molecule has 0 aromatic heterocycles. The molecule has 1 atom stereocenters. The number of aliphatic carboxylic acids is 1. The third kappa shape index (κ3) is 4.37. The van der Waals surface area contributed by atoms with Gasteiger partial charge in [-0.05, 0) is 24.6 Å². The van der Waals surface area contributed by atoms with Crippen LogP contribution in [0.4, 0.5) is 0 Å². The number of carboxylic acid groups (broad SMARTS) is 1. The maximum Gasteiger partial charge on any atom is 0.305 e. The van der Waals surface area contributed by atoms with Gasteiger partial charge in [-0.3, -0.25) is 9.59 Å². The highest BCUT2D eigenvalue weighted by Crippen LogP contribution is 2.11. The number of carbonyl (C=O) groups excluding carboxylic acids is 1. The molecule has 0 heterocycles. The number of likely N-dealkylation sites (N-methyl/N-ethyl adjacent to an activating group) is 1. The minimum Gasteiger partial charge on any atom is -0.481 e. The number of carbonyl (C=O) groups is 2. The van der Waals surface area contributed by atoms with Crippen molar-refractivity contribution in [3.05, 3.63) is 34.9 Å². The van der Waals surface area contributed by atoms with E-state index in [1.54, 1.807) is 38.2 Å². The van der Waals surface area contributed by atoms with Crippen LogP contribution in [0.15, 0.2) is 24.3 Å². The predicted molar refractivity (Wildman–Crippen MR) is 69.6 cm³/mol. The number of amides is 1. The highest BCUT2D eigenvalue weighted by molar-refractivity contribution is 6.30. The number of carboxylic acids is 1. The normalized spacial score (nSPS) is 11.9. The van der Waals surface area contributed by atoms with Gasteiger partial charge < -0.3 is 10.0 Å². The molecule has 0 radical (unpaired) electrons. The van der Waals surface area contributed by atoms with Crippen LogP contribution in [0.1, 0.15) is 18.9 Å². The molecular formula is C13H16ClNO3. The Morgan fingerprint density at radius 3 is 2.39 bits per heavy atom. The minimum atomic E-state index is -0.909. The second-order valence-electron chi connectivity index (χ2n) is 4.25. The molecule has 4 nitrogen and oxygen atoms in total. The fraction of sp³-hybridized carbons (Fsp3) is 0.385. The van der Waals surface area contributed by atoms with E-state index in [0.29, 0.717) is 5.02 Å². The molecule has 0 saturated carbocycles. The fourth-order valence-electron chi connectivity index (χ4n) is 1.54. The Bertz CT molecular complexity index is 430. The first-order chi connectivity index (χ1) is 8.40. The van der Waals surface area contributed by atoms with Gasteiger partial charge in [0.1, 0.15) is 0 Å². The molecule has 0 aliphatic rings. The van der Waals surface area contributed by atoms with E-state index in [4.69, 9.17) is 16.7 Å². The third-order valence-corrected chi connectivity index (χ3v) is 3.05. The Kier molecular flexibility index (Phi) is 5.16. The van der Waals surface area contributed by atoms with Crippen LogP contribution in [0.5, 0.6) is 0 Å². The number of benzene rings is 1. The van der Waals surface area contributed by atoms with Gasteiger partial charge in [-0.1, -0.05) is 23.7 Å².